The van der Waals surface area contributed by atoms with Crippen molar-refractivity contribution >= 4 is 15.9 Å². The van der Waals surface area contributed by atoms with E-state index in [0.717, 1.165) is 5.56 Å². The minimum absolute atomic E-state index is 0.0533. The smallest absolute Gasteiger partial charge is 0.240 e. The summed E-state index contributed by atoms with van der Waals surface area (Å²) in [6, 6.07) is 12.6. The summed E-state index contributed by atoms with van der Waals surface area (Å²) in [5.41, 5.74) is 0.699. The van der Waals surface area contributed by atoms with Gasteiger partial charge in [0.1, 0.15) is 5.82 Å². The maximum Gasteiger partial charge on any atom is 0.240 e. The Labute approximate surface area is 170 Å². The quantitative estimate of drug-likeness (QED) is 0.673. The maximum absolute atomic E-state index is 13.7. The predicted molar refractivity (Wildman–Crippen MR) is 108 cm³/mol. The number of sulfonamides is 1. The molecule has 0 radical (unpaired) electrons. The molecular weight excluding hydrogens is 395 g/mol. The highest BCUT2D eigenvalue weighted by Crippen LogP contribution is 2.35. The van der Waals surface area contributed by atoms with E-state index in [2.05, 4.69) is 10.0 Å². The van der Waals surface area contributed by atoms with Crippen molar-refractivity contribution in [3.63, 3.8) is 0 Å². The van der Waals surface area contributed by atoms with E-state index in [9.17, 15) is 17.6 Å². The molecule has 1 heterocycles. The molecule has 3 rings (SSSR count). The number of hydrogen-bond donors (Lipinski definition) is 2. The fourth-order valence-electron chi connectivity index (χ4n) is 3.48. The van der Waals surface area contributed by atoms with Crippen molar-refractivity contribution in [2.45, 2.75) is 30.1 Å². The molecule has 0 spiro atoms. The van der Waals surface area contributed by atoms with Crippen molar-refractivity contribution in [1.29, 1.82) is 0 Å². The van der Waals surface area contributed by atoms with Gasteiger partial charge in [-0.3, -0.25) is 4.79 Å². The first-order valence-corrected chi connectivity index (χ1v) is 11.0. The highest BCUT2D eigenvalue weighted by molar-refractivity contribution is 7.89. The third kappa shape index (κ3) is 5.01. The van der Waals surface area contributed by atoms with Gasteiger partial charge in [-0.25, -0.2) is 17.5 Å². The lowest BCUT2D eigenvalue weighted by molar-refractivity contribution is -0.130. The predicted octanol–water partition coefficient (Wildman–Crippen LogP) is 2.28. The first-order valence-electron chi connectivity index (χ1n) is 9.52. The molecule has 8 heteroatoms. The fraction of sp³-hybridized carbons (Fsp3) is 0.381. The van der Waals surface area contributed by atoms with Crippen LogP contribution in [0.4, 0.5) is 4.39 Å². The lowest BCUT2D eigenvalue weighted by Gasteiger charge is -2.36. The van der Waals surface area contributed by atoms with Crippen molar-refractivity contribution in [3.05, 3.63) is 65.5 Å². The number of rotatable bonds is 7. The van der Waals surface area contributed by atoms with Crippen LogP contribution in [0.1, 0.15) is 24.0 Å². The Morgan fingerprint density at radius 1 is 1.10 bits per heavy atom. The van der Waals surface area contributed by atoms with Crippen LogP contribution in [0, 0.1) is 12.7 Å². The summed E-state index contributed by atoms with van der Waals surface area (Å²) in [4.78, 5) is 13.2. The van der Waals surface area contributed by atoms with Gasteiger partial charge < -0.3 is 10.1 Å². The van der Waals surface area contributed by atoms with Crippen LogP contribution in [0.2, 0.25) is 0 Å². The molecule has 0 aromatic heterocycles. The Morgan fingerprint density at radius 3 is 2.45 bits per heavy atom. The Morgan fingerprint density at radius 2 is 1.79 bits per heavy atom. The summed E-state index contributed by atoms with van der Waals surface area (Å²) in [7, 11) is -3.64. The highest BCUT2D eigenvalue weighted by atomic mass is 32.2. The van der Waals surface area contributed by atoms with Gasteiger partial charge in [0.15, 0.2) is 0 Å². The number of hydrogen-bond acceptors (Lipinski definition) is 4. The van der Waals surface area contributed by atoms with Crippen LogP contribution >= 0.6 is 0 Å². The first-order chi connectivity index (χ1) is 13.8. The molecule has 0 aliphatic carbocycles. The Balaban J connectivity index is 1.63. The van der Waals surface area contributed by atoms with Crippen LogP contribution in [0.25, 0.3) is 0 Å². The van der Waals surface area contributed by atoms with Crippen molar-refractivity contribution in [2.75, 3.05) is 26.3 Å². The fourth-order valence-corrected chi connectivity index (χ4v) is 4.52. The molecule has 1 amide bonds. The summed E-state index contributed by atoms with van der Waals surface area (Å²) >= 11 is 0. The Hall–Kier alpha value is -2.29. The zero-order chi connectivity index (χ0) is 20.9. The van der Waals surface area contributed by atoms with Gasteiger partial charge in [0.25, 0.3) is 0 Å². The molecular formula is C21H25FN2O4S. The SMILES string of the molecule is Cc1ccc(S(=O)(=O)NCCNC(=O)C2(c3cccc(F)c3)CCOCC2)cc1. The van der Waals surface area contributed by atoms with Crippen LogP contribution in [0.15, 0.2) is 53.4 Å². The summed E-state index contributed by atoms with van der Waals surface area (Å²) in [6.45, 7) is 2.87. The zero-order valence-electron chi connectivity index (χ0n) is 16.3. The van der Waals surface area contributed by atoms with Crippen LogP contribution in [-0.4, -0.2) is 40.6 Å². The standard InChI is InChI=1S/C21H25FN2O4S/c1-16-5-7-19(8-6-16)29(26,27)24-12-11-23-20(25)21(9-13-28-14-10-21)17-3-2-4-18(22)15-17/h2-8,15,24H,9-14H2,1H3,(H,23,25). The van der Waals surface area contributed by atoms with Gasteiger partial charge in [0.2, 0.25) is 15.9 Å². The van der Waals surface area contributed by atoms with E-state index in [1.807, 2.05) is 6.92 Å². The van der Waals surface area contributed by atoms with Crippen molar-refractivity contribution in [1.82, 2.24) is 10.0 Å². The lowest BCUT2D eigenvalue weighted by atomic mass is 9.73. The molecule has 29 heavy (non-hydrogen) atoms. The maximum atomic E-state index is 13.7. The van der Waals surface area contributed by atoms with Gasteiger partial charge in [0.05, 0.1) is 10.3 Å². The van der Waals surface area contributed by atoms with Crippen LogP contribution in [-0.2, 0) is 25.0 Å². The number of carbonyl (C=O) groups is 1. The van der Waals surface area contributed by atoms with E-state index in [4.69, 9.17) is 4.74 Å². The van der Waals surface area contributed by atoms with Crippen molar-refractivity contribution in [2.24, 2.45) is 0 Å². The van der Waals surface area contributed by atoms with Crippen LogP contribution in [0.3, 0.4) is 0 Å². The number of ether oxygens (including phenoxy) is 1. The molecule has 2 aromatic carbocycles. The average molecular weight is 421 g/mol. The van der Waals surface area contributed by atoms with Gasteiger partial charge in [-0.15, -0.1) is 0 Å². The van der Waals surface area contributed by atoms with E-state index in [0.29, 0.717) is 31.6 Å². The molecule has 0 unspecified atom stereocenters. The van der Waals surface area contributed by atoms with E-state index >= 15 is 0 Å². The van der Waals surface area contributed by atoms with Crippen molar-refractivity contribution < 1.29 is 22.3 Å². The minimum atomic E-state index is -3.64. The molecule has 6 nitrogen and oxygen atoms in total. The topological polar surface area (TPSA) is 84.5 Å². The second-order valence-electron chi connectivity index (χ2n) is 7.17. The number of nitrogens with one attached hydrogen (secondary N) is 2. The molecule has 1 aliphatic heterocycles. The van der Waals surface area contributed by atoms with Gasteiger partial charge in [0, 0.05) is 26.3 Å². The van der Waals surface area contributed by atoms with E-state index in [1.54, 1.807) is 24.3 Å². The molecule has 0 atom stereocenters. The number of aryl methyl sites for hydroxylation is 1. The van der Waals surface area contributed by atoms with Crippen molar-refractivity contribution in [3.8, 4) is 0 Å². The van der Waals surface area contributed by atoms with Gasteiger partial charge in [-0.2, -0.15) is 0 Å². The highest BCUT2D eigenvalue weighted by Gasteiger charge is 2.41. The normalized spacial score (nSPS) is 16.3. The molecule has 0 saturated carbocycles. The monoisotopic (exact) mass is 420 g/mol. The second kappa shape index (κ2) is 9.02. The largest absolute Gasteiger partial charge is 0.381 e. The number of halogens is 1. The Bertz CT molecular complexity index is 955. The zero-order valence-corrected chi connectivity index (χ0v) is 17.1. The number of amides is 1. The molecule has 156 valence electrons. The summed E-state index contributed by atoms with van der Waals surface area (Å²) in [6.07, 6.45) is 0.884. The summed E-state index contributed by atoms with van der Waals surface area (Å²) in [5.74, 6) is -0.645. The molecule has 0 bridgehead atoms. The molecule has 2 N–H and O–H groups in total. The Kier molecular flexibility index (Phi) is 6.66. The third-order valence-electron chi connectivity index (χ3n) is 5.19. The molecule has 1 aliphatic rings. The molecule has 2 aromatic rings. The third-order valence-corrected chi connectivity index (χ3v) is 6.67. The summed E-state index contributed by atoms with van der Waals surface area (Å²) < 4.78 is 46.3. The number of benzene rings is 2. The van der Waals surface area contributed by atoms with Crippen LogP contribution < -0.4 is 10.0 Å². The van der Waals surface area contributed by atoms with Crippen LogP contribution in [0.5, 0.6) is 0 Å². The number of carbonyl (C=O) groups excluding carboxylic acids is 1. The van der Waals surface area contributed by atoms with E-state index in [-0.39, 0.29) is 23.9 Å². The first kappa shape index (κ1) is 21.4. The second-order valence-corrected chi connectivity index (χ2v) is 8.94. The lowest BCUT2D eigenvalue weighted by Crippen LogP contribution is -2.49. The van der Waals surface area contributed by atoms with Gasteiger partial charge >= 0.3 is 0 Å². The molecule has 1 fully saturated rings. The minimum Gasteiger partial charge on any atom is -0.381 e. The van der Waals surface area contributed by atoms with E-state index < -0.39 is 21.3 Å². The van der Waals surface area contributed by atoms with Gasteiger partial charge in [-0.05, 0) is 49.6 Å². The molecule has 1 saturated heterocycles. The van der Waals surface area contributed by atoms with E-state index in [1.165, 1.54) is 24.3 Å². The van der Waals surface area contributed by atoms with Gasteiger partial charge in [-0.1, -0.05) is 29.8 Å². The summed E-state index contributed by atoms with van der Waals surface area (Å²) in [5, 5.41) is 2.80. The average Bonchev–Trinajstić information content (AvgIpc) is 2.72.